The molecule has 31 heavy (non-hydrogen) atoms. The molecule has 0 saturated heterocycles. The third-order valence-electron chi connectivity index (χ3n) is 4.13. The standard InChI is InChI=1S/C18H13ClF3N3O4S2/c19-25-31(28,29)14-7-5-12(6-8-14)15-9-23-17(18(20,21)22)24-16(15)13-3-1-11(2-4-13)10-30(26)27/h1-9,25H,10H2,(H,26,27)/p-1. The Kier molecular flexibility index (Phi) is 6.76. The lowest BCUT2D eigenvalue weighted by Gasteiger charge is -2.13. The zero-order valence-corrected chi connectivity index (χ0v) is 17.6. The van der Waals surface area contributed by atoms with E-state index in [1.54, 1.807) is 4.24 Å². The molecule has 0 radical (unpaired) electrons. The molecule has 7 nitrogen and oxygen atoms in total. The molecule has 0 fully saturated rings. The minimum absolute atomic E-state index is 0.0526. The highest BCUT2D eigenvalue weighted by atomic mass is 35.5. The van der Waals surface area contributed by atoms with E-state index in [0.29, 0.717) is 16.7 Å². The van der Waals surface area contributed by atoms with Gasteiger partial charge in [0.1, 0.15) is 0 Å². The van der Waals surface area contributed by atoms with Gasteiger partial charge in [-0.1, -0.05) is 47.5 Å². The summed E-state index contributed by atoms with van der Waals surface area (Å²) < 4.78 is 86.4. The third kappa shape index (κ3) is 5.46. The van der Waals surface area contributed by atoms with Crippen LogP contribution in [-0.2, 0) is 33.0 Å². The van der Waals surface area contributed by atoms with E-state index in [9.17, 15) is 30.4 Å². The maximum Gasteiger partial charge on any atom is 0.451 e. The minimum Gasteiger partial charge on any atom is -0.772 e. The van der Waals surface area contributed by atoms with Crippen molar-refractivity contribution in [2.24, 2.45) is 0 Å². The Bertz CT molecular complexity index is 1220. The molecule has 1 aromatic heterocycles. The molecule has 0 saturated carbocycles. The lowest BCUT2D eigenvalue weighted by atomic mass is 10.00. The predicted octanol–water partition coefficient (Wildman–Crippen LogP) is 3.64. The molecule has 2 aromatic carbocycles. The summed E-state index contributed by atoms with van der Waals surface area (Å²) in [6, 6.07) is 11.0. The average Bonchev–Trinajstić information content (AvgIpc) is 2.73. The molecule has 13 heteroatoms. The SMILES string of the molecule is O=S([O-])Cc1ccc(-c2nc(C(F)(F)F)ncc2-c2ccc(S(=O)(=O)NCl)cc2)cc1. The van der Waals surface area contributed by atoms with Crippen LogP contribution < -0.4 is 4.24 Å². The van der Waals surface area contributed by atoms with Crippen molar-refractivity contribution in [3.05, 3.63) is 66.1 Å². The predicted molar refractivity (Wildman–Crippen MR) is 107 cm³/mol. The van der Waals surface area contributed by atoms with Gasteiger partial charge in [0.05, 0.1) is 10.6 Å². The summed E-state index contributed by atoms with van der Waals surface area (Å²) >= 11 is 2.88. The van der Waals surface area contributed by atoms with E-state index in [0.717, 1.165) is 6.20 Å². The molecule has 0 aliphatic heterocycles. The first-order valence-corrected chi connectivity index (χ1v) is 11.4. The van der Waals surface area contributed by atoms with Gasteiger partial charge in [0.25, 0.3) is 10.0 Å². The van der Waals surface area contributed by atoms with Gasteiger partial charge in [0, 0.05) is 23.1 Å². The number of nitrogens with one attached hydrogen (secondary N) is 1. The van der Waals surface area contributed by atoms with Crippen molar-refractivity contribution >= 4 is 32.9 Å². The summed E-state index contributed by atoms with van der Waals surface area (Å²) in [4.78, 5) is 6.90. The highest BCUT2D eigenvalue weighted by molar-refractivity contribution is 7.90. The van der Waals surface area contributed by atoms with Crippen LogP contribution in [0.15, 0.2) is 59.6 Å². The maximum atomic E-state index is 13.2. The van der Waals surface area contributed by atoms with Gasteiger partial charge in [-0.05, 0) is 35.0 Å². The van der Waals surface area contributed by atoms with Crippen LogP contribution in [0.5, 0.6) is 0 Å². The number of hydrogen-bond donors (Lipinski definition) is 1. The Hall–Kier alpha value is -2.38. The Morgan fingerprint density at radius 1 is 1.03 bits per heavy atom. The second-order valence-electron chi connectivity index (χ2n) is 6.20. The van der Waals surface area contributed by atoms with Gasteiger partial charge in [-0.25, -0.2) is 18.4 Å². The number of halogens is 4. The maximum absolute atomic E-state index is 13.2. The van der Waals surface area contributed by atoms with Gasteiger partial charge in [-0.15, -0.1) is 4.24 Å². The van der Waals surface area contributed by atoms with Crippen molar-refractivity contribution in [2.45, 2.75) is 16.8 Å². The Balaban J connectivity index is 2.11. The van der Waals surface area contributed by atoms with Gasteiger partial charge in [-0.3, -0.25) is 4.21 Å². The number of benzene rings is 2. The molecule has 3 aromatic rings. The zero-order valence-electron chi connectivity index (χ0n) is 15.3. The average molecular weight is 491 g/mol. The van der Waals surface area contributed by atoms with Gasteiger partial charge >= 0.3 is 6.18 Å². The van der Waals surface area contributed by atoms with Crippen LogP contribution in [-0.4, -0.2) is 27.1 Å². The second-order valence-corrected chi connectivity index (χ2v) is 9.20. The normalized spacial score (nSPS) is 13.2. The van der Waals surface area contributed by atoms with Gasteiger partial charge < -0.3 is 4.55 Å². The van der Waals surface area contributed by atoms with Crippen LogP contribution >= 0.6 is 11.8 Å². The van der Waals surface area contributed by atoms with Crippen LogP contribution in [0.4, 0.5) is 13.2 Å². The number of aromatic nitrogens is 2. The Labute approximate surface area is 182 Å². The van der Waals surface area contributed by atoms with E-state index in [4.69, 9.17) is 11.8 Å². The van der Waals surface area contributed by atoms with Crippen LogP contribution in [0.25, 0.3) is 22.4 Å². The summed E-state index contributed by atoms with van der Waals surface area (Å²) in [5, 5.41) is 0. The molecule has 1 N–H and O–H groups in total. The first kappa shape index (κ1) is 23.3. The monoisotopic (exact) mass is 490 g/mol. The second kappa shape index (κ2) is 9.01. The molecule has 0 amide bonds. The topological polar surface area (TPSA) is 112 Å². The lowest BCUT2D eigenvalue weighted by molar-refractivity contribution is -0.144. The minimum atomic E-state index is -4.78. The van der Waals surface area contributed by atoms with E-state index in [1.165, 1.54) is 48.5 Å². The fourth-order valence-corrected chi connectivity index (χ4v) is 4.02. The van der Waals surface area contributed by atoms with E-state index in [1.807, 2.05) is 0 Å². The fourth-order valence-electron chi connectivity index (χ4n) is 2.70. The molecule has 0 aliphatic rings. The Morgan fingerprint density at radius 2 is 1.61 bits per heavy atom. The number of hydrogen-bond acceptors (Lipinski definition) is 6. The number of rotatable bonds is 6. The quantitative estimate of drug-likeness (QED) is 0.417. The number of sulfonamides is 1. The summed E-state index contributed by atoms with van der Waals surface area (Å²) in [7, 11) is -3.92. The van der Waals surface area contributed by atoms with Gasteiger partial charge in [0.15, 0.2) is 0 Å². The molecule has 3 rings (SSSR count). The van der Waals surface area contributed by atoms with Crippen LogP contribution in [0.2, 0.25) is 0 Å². The largest absolute Gasteiger partial charge is 0.772 e. The van der Waals surface area contributed by atoms with Crippen LogP contribution in [0.3, 0.4) is 0 Å². The molecule has 0 bridgehead atoms. The van der Waals surface area contributed by atoms with E-state index >= 15 is 0 Å². The van der Waals surface area contributed by atoms with E-state index in [2.05, 4.69) is 9.97 Å². The smallest absolute Gasteiger partial charge is 0.451 e. The van der Waals surface area contributed by atoms with Gasteiger partial charge in [-0.2, -0.15) is 13.2 Å². The van der Waals surface area contributed by atoms with Gasteiger partial charge in [0.2, 0.25) is 5.82 Å². The van der Waals surface area contributed by atoms with Crippen molar-refractivity contribution < 1.29 is 30.4 Å². The fraction of sp³-hybridized carbons (Fsp3) is 0.111. The third-order valence-corrected chi connectivity index (χ3v) is 6.41. The lowest BCUT2D eigenvalue weighted by Crippen LogP contribution is -2.13. The highest BCUT2D eigenvalue weighted by Crippen LogP contribution is 2.34. The summed E-state index contributed by atoms with van der Waals surface area (Å²) in [6.07, 6.45) is -3.79. The molecule has 1 atom stereocenters. The molecule has 1 heterocycles. The van der Waals surface area contributed by atoms with Crippen molar-refractivity contribution in [1.29, 1.82) is 0 Å². The highest BCUT2D eigenvalue weighted by Gasteiger charge is 2.35. The molecular formula is C18H12ClF3N3O4S2-. The van der Waals surface area contributed by atoms with E-state index < -0.39 is 33.1 Å². The number of alkyl halides is 3. The van der Waals surface area contributed by atoms with Crippen molar-refractivity contribution in [2.75, 3.05) is 0 Å². The van der Waals surface area contributed by atoms with Crippen molar-refractivity contribution in [3.63, 3.8) is 0 Å². The summed E-state index contributed by atoms with van der Waals surface area (Å²) in [5.41, 5.74) is 1.27. The molecular weight excluding hydrogens is 479 g/mol. The van der Waals surface area contributed by atoms with Crippen LogP contribution in [0, 0.1) is 0 Å². The summed E-state index contributed by atoms with van der Waals surface area (Å²) in [5.74, 6) is -1.59. The first-order chi connectivity index (χ1) is 14.5. The molecule has 0 aliphatic carbocycles. The zero-order chi connectivity index (χ0) is 22.8. The molecule has 164 valence electrons. The van der Waals surface area contributed by atoms with Crippen molar-refractivity contribution in [3.8, 4) is 22.4 Å². The first-order valence-electron chi connectivity index (χ1n) is 8.33. The molecule has 0 spiro atoms. The van der Waals surface area contributed by atoms with E-state index in [-0.39, 0.29) is 21.9 Å². The van der Waals surface area contributed by atoms with Crippen molar-refractivity contribution in [1.82, 2.24) is 14.2 Å². The van der Waals surface area contributed by atoms with Crippen LogP contribution in [0.1, 0.15) is 11.4 Å². The Morgan fingerprint density at radius 3 is 2.13 bits per heavy atom. The molecule has 1 unspecified atom stereocenters. The summed E-state index contributed by atoms with van der Waals surface area (Å²) in [6.45, 7) is 0. The number of nitrogens with zero attached hydrogens (tertiary/aromatic N) is 2.